The molecular weight excluding hydrogens is 342 g/mol. The van der Waals surface area contributed by atoms with Crippen LogP contribution in [0, 0.1) is 0 Å². The number of hydrazone groups is 1. The number of hydrogen-bond acceptors (Lipinski definition) is 6. The summed E-state index contributed by atoms with van der Waals surface area (Å²) in [6.45, 7) is 5.56. The molecule has 0 amide bonds. The molecule has 1 saturated heterocycles. The maximum absolute atomic E-state index is 5.48. The lowest BCUT2D eigenvalue weighted by Gasteiger charge is -2.35. The quantitative estimate of drug-likeness (QED) is 0.732. The molecule has 6 nitrogen and oxygen atoms in total. The molecule has 2 aromatic rings. The highest BCUT2D eigenvalue weighted by Gasteiger charge is 2.19. The van der Waals surface area contributed by atoms with Gasteiger partial charge in [-0.2, -0.15) is 5.10 Å². The molecule has 6 heteroatoms. The fourth-order valence-electron chi connectivity index (χ4n) is 3.26. The van der Waals surface area contributed by atoms with Crippen molar-refractivity contribution in [3.63, 3.8) is 0 Å². The molecule has 0 atom stereocenters. The second-order valence-electron chi connectivity index (χ2n) is 6.37. The van der Waals surface area contributed by atoms with Crippen LogP contribution in [0.15, 0.2) is 47.6 Å². The molecule has 2 aromatic carbocycles. The van der Waals surface area contributed by atoms with Gasteiger partial charge in [-0.15, -0.1) is 0 Å². The Morgan fingerprint density at radius 2 is 1.48 bits per heavy atom. The SMILES string of the molecule is COc1ccc(/C(C)=N/N2CCN(c3ccccc3OC)CC2)cc1OC. The molecule has 0 aliphatic carbocycles. The Kier molecular flexibility index (Phi) is 6.06. The van der Waals surface area contributed by atoms with Crippen LogP contribution in [0.25, 0.3) is 0 Å². The van der Waals surface area contributed by atoms with Crippen molar-refractivity contribution in [2.24, 2.45) is 5.10 Å². The summed E-state index contributed by atoms with van der Waals surface area (Å²) < 4.78 is 16.2. The number of para-hydroxylation sites is 2. The third-order valence-corrected chi connectivity index (χ3v) is 4.77. The summed E-state index contributed by atoms with van der Waals surface area (Å²) >= 11 is 0. The van der Waals surface area contributed by atoms with Gasteiger partial charge in [-0.05, 0) is 37.3 Å². The van der Waals surface area contributed by atoms with Crippen molar-refractivity contribution in [1.29, 1.82) is 0 Å². The van der Waals surface area contributed by atoms with Crippen LogP contribution in [0.3, 0.4) is 0 Å². The van der Waals surface area contributed by atoms with Crippen molar-refractivity contribution in [3.8, 4) is 17.2 Å². The number of benzene rings is 2. The summed E-state index contributed by atoms with van der Waals surface area (Å²) in [5.74, 6) is 2.35. The number of rotatable bonds is 6. The van der Waals surface area contributed by atoms with E-state index < -0.39 is 0 Å². The van der Waals surface area contributed by atoms with Crippen molar-refractivity contribution in [2.45, 2.75) is 6.92 Å². The Labute approximate surface area is 160 Å². The van der Waals surface area contributed by atoms with E-state index in [1.165, 1.54) is 0 Å². The van der Waals surface area contributed by atoms with Crippen LogP contribution >= 0.6 is 0 Å². The minimum atomic E-state index is 0.713. The number of hydrogen-bond donors (Lipinski definition) is 0. The number of ether oxygens (including phenoxy) is 3. The highest BCUT2D eigenvalue weighted by atomic mass is 16.5. The first-order valence-electron chi connectivity index (χ1n) is 9.06. The second-order valence-corrected chi connectivity index (χ2v) is 6.37. The first-order chi connectivity index (χ1) is 13.2. The topological polar surface area (TPSA) is 46.5 Å². The smallest absolute Gasteiger partial charge is 0.161 e. The van der Waals surface area contributed by atoms with E-state index in [1.54, 1.807) is 21.3 Å². The van der Waals surface area contributed by atoms with Gasteiger partial charge in [-0.3, -0.25) is 5.01 Å². The third kappa shape index (κ3) is 4.27. The van der Waals surface area contributed by atoms with E-state index >= 15 is 0 Å². The van der Waals surface area contributed by atoms with E-state index in [0.29, 0.717) is 5.75 Å². The predicted octanol–water partition coefficient (Wildman–Crippen LogP) is 3.26. The zero-order valence-corrected chi connectivity index (χ0v) is 16.4. The van der Waals surface area contributed by atoms with E-state index in [0.717, 1.165) is 54.6 Å². The summed E-state index contributed by atoms with van der Waals surface area (Å²) in [6, 6.07) is 14.0. The lowest BCUT2D eigenvalue weighted by atomic mass is 10.1. The van der Waals surface area contributed by atoms with Gasteiger partial charge in [0.25, 0.3) is 0 Å². The Morgan fingerprint density at radius 1 is 0.815 bits per heavy atom. The molecule has 0 unspecified atom stereocenters. The van der Waals surface area contributed by atoms with E-state index in [-0.39, 0.29) is 0 Å². The summed E-state index contributed by atoms with van der Waals surface area (Å²) in [4.78, 5) is 2.34. The van der Waals surface area contributed by atoms with Crippen LogP contribution < -0.4 is 19.1 Å². The number of anilines is 1. The van der Waals surface area contributed by atoms with Crippen LogP contribution in [-0.4, -0.2) is 58.2 Å². The van der Waals surface area contributed by atoms with Crippen LogP contribution in [0.2, 0.25) is 0 Å². The number of methoxy groups -OCH3 is 3. The van der Waals surface area contributed by atoms with Crippen molar-refractivity contribution in [2.75, 3.05) is 52.4 Å². The molecule has 1 fully saturated rings. The summed E-state index contributed by atoms with van der Waals surface area (Å²) in [5, 5.41) is 6.93. The summed E-state index contributed by atoms with van der Waals surface area (Å²) in [5.41, 5.74) is 3.13. The zero-order valence-electron chi connectivity index (χ0n) is 16.4. The predicted molar refractivity (Wildman–Crippen MR) is 109 cm³/mol. The van der Waals surface area contributed by atoms with E-state index in [1.807, 2.05) is 43.3 Å². The second kappa shape index (κ2) is 8.66. The molecule has 1 aliphatic rings. The lowest BCUT2D eigenvalue weighted by molar-refractivity contribution is 0.269. The van der Waals surface area contributed by atoms with Crippen LogP contribution in [0.4, 0.5) is 5.69 Å². The van der Waals surface area contributed by atoms with Crippen LogP contribution in [0.5, 0.6) is 17.2 Å². The van der Waals surface area contributed by atoms with Gasteiger partial charge in [-0.1, -0.05) is 12.1 Å². The maximum Gasteiger partial charge on any atom is 0.161 e. The highest BCUT2D eigenvalue weighted by Crippen LogP contribution is 2.29. The molecule has 0 aromatic heterocycles. The summed E-state index contributed by atoms with van der Waals surface area (Å²) in [6.07, 6.45) is 0. The minimum Gasteiger partial charge on any atom is -0.495 e. The fourth-order valence-corrected chi connectivity index (χ4v) is 3.26. The minimum absolute atomic E-state index is 0.713. The molecule has 0 bridgehead atoms. The molecule has 1 heterocycles. The van der Waals surface area contributed by atoms with Crippen molar-refractivity contribution in [3.05, 3.63) is 48.0 Å². The molecule has 0 saturated carbocycles. The molecule has 0 spiro atoms. The van der Waals surface area contributed by atoms with Crippen LogP contribution in [-0.2, 0) is 0 Å². The standard InChI is InChI=1S/C21H27N3O3/c1-16(17-9-10-20(26-3)21(15-17)27-4)22-24-13-11-23(12-14-24)18-7-5-6-8-19(18)25-2/h5-10,15H,11-14H2,1-4H3/b22-16+. The highest BCUT2D eigenvalue weighted by molar-refractivity contribution is 5.99. The van der Waals surface area contributed by atoms with Crippen molar-refractivity contribution < 1.29 is 14.2 Å². The van der Waals surface area contributed by atoms with Crippen molar-refractivity contribution in [1.82, 2.24) is 5.01 Å². The summed E-state index contributed by atoms with van der Waals surface area (Å²) in [7, 11) is 5.00. The molecule has 0 N–H and O–H groups in total. The Morgan fingerprint density at radius 3 is 2.15 bits per heavy atom. The monoisotopic (exact) mass is 369 g/mol. The third-order valence-electron chi connectivity index (χ3n) is 4.77. The normalized spacial score (nSPS) is 14.9. The van der Waals surface area contributed by atoms with Gasteiger partial charge in [-0.25, -0.2) is 0 Å². The largest absolute Gasteiger partial charge is 0.495 e. The average Bonchev–Trinajstić information content (AvgIpc) is 2.73. The van der Waals surface area contributed by atoms with E-state index in [9.17, 15) is 0 Å². The van der Waals surface area contributed by atoms with E-state index in [4.69, 9.17) is 19.3 Å². The maximum atomic E-state index is 5.48. The first kappa shape index (κ1) is 18.9. The zero-order chi connectivity index (χ0) is 19.2. The molecule has 0 radical (unpaired) electrons. The van der Waals surface area contributed by atoms with Gasteiger partial charge in [0.05, 0.1) is 45.8 Å². The lowest BCUT2D eigenvalue weighted by Crippen LogP contribution is -2.44. The van der Waals surface area contributed by atoms with Crippen LogP contribution in [0.1, 0.15) is 12.5 Å². The molecule has 144 valence electrons. The van der Waals surface area contributed by atoms with Crippen molar-refractivity contribution >= 4 is 11.4 Å². The van der Waals surface area contributed by atoms with Gasteiger partial charge < -0.3 is 19.1 Å². The molecular formula is C21H27N3O3. The Bertz CT molecular complexity index is 799. The number of piperazine rings is 1. The van der Waals surface area contributed by atoms with Gasteiger partial charge in [0.2, 0.25) is 0 Å². The van der Waals surface area contributed by atoms with E-state index in [2.05, 4.69) is 16.0 Å². The molecule has 1 aliphatic heterocycles. The number of nitrogens with zero attached hydrogens (tertiary/aromatic N) is 3. The Balaban J connectivity index is 1.67. The van der Waals surface area contributed by atoms with Gasteiger partial charge in [0, 0.05) is 18.7 Å². The Hall–Kier alpha value is -2.89. The molecule has 3 rings (SSSR count). The van der Waals surface area contributed by atoms with Gasteiger partial charge >= 0.3 is 0 Å². The fraction of sp³-hybridized carbons (Fsp3) is 0.381. The first-order valence-corrected chi connectivity index (χ1v) is 9.06. The average molecular weight is 369 g/mol. The molecule has 27 heavy (non-hydrogen) atoms. The van der Waals surface area contributed by atoms with Gasteiger partial charge in [0.1, 0.15) is 5.75 Å². The van der Waals surface area contributed by atoms with Gasteiger partial charge in [0.15, 0.2) is 11.5 Å².